The summed E-state index contributed by atoms with van der Waals surface area (Å²) in [6, 6.07) is 16.2. The zero-order valence-electron chi connectivity index (χ0n) is 18.4. The maximum absolute atomic E-state index is 13.1. The van der Waals surface area contributed by atoms with Crippen LogP contribution in [0.15, 0.2) is 59.8 Å². The first-order chi connectivity index (χ1) is 15.4. The van der Waals surface area contributed by atoms with Crippen LogP contribution in [-0.2, 0) is 14.3 Å². The number of anilines is 1. The number of aryl methyl sites for hydroxylation is 3. The molecule has 1 atom stereocenters. The Morgan fingerprint density at radius 3 is 2.34 bits per heavy atom. The van der Waals surface area contributed by atoms with Crippen LogP contribution in [0.25, 0.3) is 0 Å². The third-order valence-electron chi connectivity index (χ3n) is 4.48. The van der Waals surface area contributed by atoms with Gasteiger partial charge in [0.1, 0.15) is 5.75 Å². The van der Waals surface area contributed by atoms with E-state index in [4.69, 9.17) is 9.47 Å². The lowest BCUT2D eigenvalue weighted by molar-refractivity contribution is -0.152. The van der Waals surface area contributed by atoms with Crippen LogP contribution in [0.2, 0.25) is 0 Å². The van der Waals surface area contributed by atoms with Crippen molar-refractivity contribution in [1.82, 2.24) is 9.97 Å². The number of amides is 1. The molecule has 0 bridgehead atoms. The summed E-state index contributed by atoms with van der Waals surface area (Å²) in [7, 11) is 1.53. The van der Waals surface area contributed by atoms with Gasteiger partial charge in [-0.2, -0.15) is 0 Å². The topological polar surface area (TPSA) is 90.4 Å². The quantitative estimate of drug-likeness (QED) is 0.308. The Morgan fingerprint density at radius 2 is 1.69 bits per heavy atom. The van der Waals surface area contributed by atoms with Crippen LogP contribution in [0.3, 0.4) is 0 Å². The molecule has 0 saturated heterocycles. The van der Waals surface area contributed by atoms with E-state index in [2.05, 4.69) is 15.3 Å². The number of hydrogen-bond acceptors (Lipinski definition) is 7. The second kappa shape index (κ2) is 10.8. The third kappa shape index (κ3) is 6.31. The van der Waals surface area contributed by atoms with Gasteiger partial charge in [0.25, 0.3) is 5.91 Å². The molecule has 1 heterocycles. The van der Waals surface area contributed by atoms with Gasteiger partial charge in [-0.25, -0.2) is 9.97 Å². The summed E-state index contributed by atoms with van der Waals surface area (Å²) < 4.78 is 10.9. The summed E-state index contributed by atoms with van der Waals surface area (Å²) in [5.74, 6) is -0.517. The van der Waals surface area contributed by atoms with Crippen molar-refractivity contribution in [2.24, 2.45) is 0 Å². The molecule has 2 aromatic carbocycles. The predicted molar refractivity (Wildman–Crippen MR) is 124 cm³/mol. The van der Waals surface area contributed by atoms with Crippen molar-refractivity contribution < 1.29 is 19.1 Å². The van der Waals surface area contributed by atoms with E-state index in [1.807, 2.05) is 39.0 Å². The van der Waals surface area contributed by atoms with Crippen molar-refractivity contribution in [3.05, 3.63) is 77.1 Å². The van der Waals surface area contributed by atoms with E-state index in [0.717, 1.165) is 17.0 Å². The van der Waals surface area contributed by atoms with Crippen LogP contribution in [0.4, 0.5) is 5.69 Å². The summed E-state index contributed by atoms with van der Waals surface area (Å²) in [6.07, 6.45) is -1.12. The summed E-state index contributed by atoms with van der Waals surface area (Å²) in [5.41, 5.74) is 3.67. The minimum atomic E-state index is -1.12. The number of carbonyl (C=O) groups is 2. The van der Waals surface area contributed by atoms with Crippen LogP contribution >= 0.6 is 11.8 Å². The minimum Gasteiger partial charge on any atom is -0.495 e. The molecule has 3 aromatic rings. The average molecular weight is 452 g/mol. The molecule has 3 rings (SSSR count). The van der Waals surface area contributed by atoms with Gasteiger partial charge in [0, 0.05) is 17.0 Å². The molecule has 1 amide bonds. The summed E-state index contributed by atoms with van der Waals surface area (Å²) in [5, 5.41) is 3.31. The summed E-state index contributed by atoms with van der Waals surface area (Å²) in [4.78, 5) is 34.3. The van der Waals surface area contributed by atoms with Crippen molar-refractivity contribution in [3.8, 4) is 5.75 Å². The van der Waals surface area contributed by atoms with Crippen molar-refractivity contribution in [3.63, 3.8) is 0 Å². The van der Waals surface area contributed by atoms with Gasteiger partial charge in [-0.15, -0.1) is 0 Å². The van der Waals surface area contributed by atoms with Gasteiger partial charge < -0.3 is 14.8 Å². The lowest BCUT2D eigenvalue weighted by Gasteiger charge is -2.19. The molecule has 8 heteroatoms. The number of hydrogen-bond donors (Lipinski definition) is 1. The second-order valence-electron chi connectivity index (χ2n) is 7.20. The number of ether oxygens (including phenoxy) is 2. The lowest BCUT2D eigenvalue weighted by Crippen LogP contribution is -2.26. The highest BCUT2D eigenvalue weighted by atomic mass is 32.2. The Morgan fingerprint density at radius 1 is 1.00 bits per heavy atom. The van der Waals surface area contributed by atoms with Crippen molar-refractivity contribution in [2.75, 3.05) is 18.2 Å². The maximum atomic E-state index is 13.1. The van der Waals surface area contributed by atoms with Gasteiger partial charge in [-0.3, -0.25) is 9.59 Å². The molecular formula is C24H25N3O4S. The zero-order chi connectivity index (χ0) is 23.1. The molecule has 0 aliphatic heterocycles. The van der Waals surface area contributed by atoms with E-state index in [9.17, 15) is 9.59 Å². The van der Waals surface area contributed by atoms with Crippen LogP contribution < -0.4 is 10.1 Å². The molecule has 166 valence electrons. The van der Waals surface area contributed by atoms with Crippen molar-refractivity contribution >= 4 is 29.3 Å². The summed E-state index contributed by atoms with van der Waals surface area (Å²) >= 11 is 1.17. The molecule has 0 fully saturated rings. The third-order valence-corrected chi connectivity index (χ3v) is 5.30. The maximum Gasteiger partial charge on any atom is 0.317 e. The predicted octanol–water partition coefficient (Wildman–Crippen LogP) is 4.43. The average Bonchev–Trinajstić information content (AvgIpc) is 2.76. The zero-order valence-corrected chi connectivity index (χ0v) is 19.2. The molecule has 0 radical (unpaired) electrons. The van der Waals surface area contributed by atoms with Crippen LogP contribution in [0.5, 0.6) is 5.75 Å². The highest BCUT2D eigenvalue weighted by molar-refractivity contribution is 7.99. The highest BCUT2D eigenvalue weighted by Gasteiger charge is 2.26. The van der Waals surface area contributed by atoms with Gasteiger partial charge in [0.2, 0.25) is 6.10 Å². The molecule has 7 nitrogen and oxygen atoms in total. The van der Waals surface area contributed by atoms with Gasteiger partial charge in [-0.1, -0.05) is 48.2 Å². The van der Waals surface area contributed by atoms with E-state index < -0.39 is 18.0 Å². The van der Waals surface area contributed by atoms with Crippen LogP contribution in [-0.4, -0.2) is 34.7 Å². The van der Waals surface area contributed by atoms with Crippen LogP contribution in [0.1, 0.15) is 28.6 Å². The first kappa shape index (κ1) is 23.3. The van der Waals surface area contributed by atoms with Crippen molar-refractivity contribution in [1.29, 1.82) is 0 Å². The second-order valence-corrected chi connectivity index (χ2v) is 8.14. The Kier molecular flexibility index (Phi) is 7.83. The smallest absolute Gasteiger partial charge is 0.317 e. The fraction of sp³-hybridized carbons (Fsp3) is 0.250. The Balaban J connectivity index is 1.75. The number of benzene rings is 2. The number of thioether (sulfide) groups is 1. The van der Waals surface area contributed by atoms with E-state index in [0.29, 0.717) is 22.2 Å². The first-order valence-corrected chi connectivity index (χ1v) is 11.0. The largest absolute Gasteiger partial charge is 0.495 e. The Hall–Kier alpha value is -3.39. The number of nitrogens with zero attached hydrogens (tertiary/aromatic N) is 2. The van der Waals surface area contributed by atoms with E-state index in [1.54, 1.807) is 36.4 Å². The number of rotatable bonds is 8. The number of carbonyl (C=O) groups excluding carboxylic acids is 2. The van der Waals surface area contributed by atoms with E-state index in [-0.39, 0.29) is 5.75 Å². The first-order valence-electron chi connectivity index (χ1n) is 10.0. The Bertz CT molecular complexity index is 1090. The lowest BCUT2D eigenvalue weighted by atomic mass is 10.1. The molecular weight excluding hydrogens is 426 g/mol. The van der Waals surface area contributed by atoms with Crippen molar-refractivity contribution in [2.45, 2.75) is 32.0 Å². The Labute approximate surface area is 191 Å². The van der Waals surface area contributed by atoms with Gasteiger partial charge in [-0.05, 0) is 44.5 Å². The van der Waals surface area contributed by atoms with Gasteiger partial charge in [0.05, 0.1) is 18.6 Å². The molecule has 1 aromatic heterocycles. The fourth-order valence-corrected chi connectivity index (χ4v) is 3.80. The standard InChI is InChI=1S/C24H25N3O4S/c1-15-10-11-20(30-4)19(12-15)27-23(29)22(18-8-6-5-7-9-18)31-21(28)14-32-24-25-16(2)13-17(3)26-24/h5-13,22H,14H2,1-4H3,(H,27,29). The van der Waals surface area contributed by atoms with E-state index >= 15 is 0 Å². The normalized spacial score (nSPS) is 11.5. The molecule has 0 spiro atoms. The minimum absolute atomic E-state index is 0.0206. The van der Waals surface area contributed by atoms with E-state index in [1.165, 1.54) is 18.9 Å². The van der Waals surface area contributed by atoms with Crippen LogP contribution in [0, 0.1) is 20.8 Å². The van der Waals surface area contributed by atoms with Gasteiger partial charge >= 0.3 is 5.97 Å². The molecule has 0 aliphatic carbocycles. The molecule has 1 N–H and O–H groups in total. The fourth-order valence-electron chi connectivity index (χ4n) is 3.07. The number of nitrogens with one attached hydrogen (secondary N) is 1. The number of aromatic nitrogens is 2. The molecule has 0 aliphatic rings. The summed E-state index contributed by atoms with van der Waals surface area (Å²) in [6.45, 7) is 5.65. The molecule has 32 heavy (non-hydrogen) atoms. The molecule has 1 unspecified atom stereocenters. The number of methoxy groups -OCH3 is 1. The van der Waals surface area contributed by atoms with Gasteiger partial charge in [0.15, 0.2) is 5.16 Å². The SMILES string of the molecule is COc1ccc(C)cc1NC(=O)C(OC(=O)CSc1nc(C)cc(C)n1)c1ccccc1. The highest BCUT2D eigenvalue weighted by Crippen LogP contribution is 2.28. The molecule has 0 saturated carbocycles. The number of esters is 1. The monoisotopic (exact) mass is 451 g/mol.